The molecule has 1 unspecified atom stereocenters. The van der Waals surface area contributed by atoms with Gasteiger partial charge in [-0.2, -0.15) is 13.2 Å². The van der Waals surface area contributed by atoms with E-state index in [-0.39, 0.29) is 37.7 Å². The summed E-state index contributed by atoms with van der Waals surface area (Å²) in [6.45, 7) is 0.787. The summed E-state index contributed by atoms with van der Waals surface area (Å²) in [4.78, 5) is 0. The number of rotatable bonds is 3. The van der Waals surface area contributed by atoms with Crippen LogP contribution in [0.4, 0.5) is 13.2 Å². The zero-order valence-corrected chi connectivity index (χ0v) is 11.4. The molecule has 2 rings (SSSR count). The Labute approximate surface area is 111 Å². The Balaban J connectivity index is 1.89. The molecular weight excluding hydrogens is 281 g/mol. The van der Waals surface area contributed by atoms with Crippen LogP contribution in [0.15, 0.2) is 0 Å². The smallest absolute Gasteiger partial charge is 0.313 e. The van der Waals surface area contributed by atoms with E-state index in [0.29, 0.717) is 0 Å². The normalized spacial score (nSPS) is 27.8. The van der Waals surface area contributed by atoms with Gasteiger partial charge in [-0.3, -0.25) is 0 Å². The van der Waals surface area contributed by atoms with Gasteiger partial charge in [-0.05, 0) is 32.2 Å². The molecular formula is C11H19F3N2O2S. The molecule has 2 fully saturated rings. The summed E-state index contributed by atoms with van der Waals surface area (Å²) < 4.78 is 63.0. The maximum Gasteiger partial charge on any atom is 0.391 e. The third-order valence-electron chi connectivity index (χ3n) is 3.88. The van der Waals surface area contributed by atoms with Crippen LogP contribution in [-0.4, -0.2) is 50.3 Å². The molecule has 2 heterocycles. The second-order valence-corrected chi connectivity index (χ2v) is 7.30. The molecule has 0 aromatic heterocycles. The van der Waals surface area contributed by atoms with Crippen LogP contribution in [0.25, 0.3) is 0 Å². The molecule has 2 aliphatic rings. The van der Waals surface area contributed by atoms with E-state index < -0.39 is 22.1 Å². The van der Waals surface area contributed by atoms with Crippen molar-refractivity contribution in [1.82, 2.24) is 9.62 Å². The Morgan fingerprint density at radius 3 is 2.26 bits per heavy atom. The molecule has 0 spiro atoms. The largest absolute Gasteiger partial charge is 0.391 e. The first-order valence-electron chi connectivity index (χ1n) is 6.57. The first-order valence-corrected chi connectivity index (χ1v) is 8.18. The van der Waals surface area contributed by atoms with E-state index in [1.807, 2.05) is 0 Å². The van der Waals surface area contributed by atoms with Crippen molar-refractivity contribution in [3.05, 3.63) is 0 Å². The number of nitrogens with one attached hydrogen (secondary N) is 1. The predicted octanol–water partition coefficient (Wildman–Crippen LogP) is 1.34. The number of sulfonamides is 1. The predicted molar refractivity (Wildman–Crippen MR) is 65.2 cm³/mol. The number of hydrogen-bond acceptors (Lipinski definition) is 3. The fraction of sp³-hybridized carbons (Fsp3) is 1.00. The summed E-state index contributed by atoms with van der Waals surface area (Å²) in [7, 11) is -3.43. The van der Waals surface area contributed by atoms with E-state index in [4.69, 9.17) is 0 Å². The molecule has 4 nitrogen and oxygen atoms in total. The Hall–Kier alpha value is -0.340. The zero-order chi connectivity index (χ0) is 14.1. The van der Waals surface area contributed by atoms with Crippen LogP contribution in [0.5, 0.6) is 0 Å². The average Bonchev–Trinajstić information content (AvgIpc) is 2.80. The third kappa shape index (κ3) is 3.82. The average molecular weight is 300 g/mol. The van der Waals surface area contributed by atoms with E-state index in [2.05, 4.69) is 5.32 Å². The van der Waals surface area contributed by atoms with Gasteiger partial charge in [-0.15, -0.1) is 0 Å². The van der Waals surface area contributed by atoms with Gasteiger partial charge in [-0.25, -0.2) is 12.7 Å². The van der Waals surface area contributed by atoms with Gasteiger partial charge >= 0.3 is 6.18 Å². The summed E-state index contributed by atoms with van der Waals surface area (Å²) >= 11 is 0. The van der Waals surface area contributed by atoms with Gasteiger partial charge in [0.1, 0.15) is 0 Å². The van der Waals surface area contributed by atoms with Crippen LogP contribution in [0.3, 0.4) is 0 Å². The highest BCUT2D eigenvalue weighted by Gasteiger charge is 2.43. The molecule has 0 aromatic rings. The van der Waals surface area contributed by atoms with Gasteiger partial charge < -0.3 is 5.32 Å². The minimum absolute atomic E-state index is 0.00366. The van der Waals surface area contributed by atoms with Crippen molar-refractivity contribution in [1.29, 1.82) is 0 Å². The van der Waals surface area contributed by atoms with Crippen LogP contribution >= 0.6 is 0 Å². The topological polar surface area (TPSA) is 49.4 Å². The molecule has 0 radical (unpaired) electrons. The SMILES string of the molecule is O=S(=O)(CC1CCCN1)N1CCC(C(F)(F)F)CC1. The molecule has 2 saturated heterocycles. The Morgan fingerprint density at radius 1 is 1.16 bits per heavy atom. The maximum absolute atomic E-state index is 12.5. The fourth-order valence-electron chi connectivity index (χ4n) is 2.72. The van der Waals surface area contributed by atoms with Crippen LogP contribution in [0.1, 0.15) is 25.7 Å². The van der Waals surface area contributed by atoms with Crippen LogP contribution in [0, 0.1) is 5.92 Å². The van der Waals surface area contributed by atoms with Gasteiger partial charge in [0.25, 0.3) is 0 Å². The van der Waals surface area contributed by atoms with Crippen molar-refractivity contribution in [3.8, 4) is 0 Å². The molecule has 0 aromatic carbocycles. The Bertz CT molecular complexity index is 397. The third-order valence-corrected chi connectivity index (χ3v) is 5.86. The minimum Gasteiger partial charge on any atom is -0.313 e. The quantitative estimate of drug-likeness (QED) is 0.856. The van der Waals surface area contributed by atoms with Crippen molar-refractivity contribution < 1.29 is 21.6 Å². The van der Waals surface area contributed by atoms with Crippen molar-refractivity contribution in [2.75, 3.05) is 25.4 Å². The van der Waals surface area contributed by atoms with Crippen molar-refractivity contribution in [2.24, 2.45) is 5.92 Å². The maximum atomic E-state index is 12.5. The van der Waals surface area contributed by atoms with Gasteiger partial charge in [0, 0.05) is 19.1 Å². The van der Waals surface area contributed by atoms with E-state index in [0.717, 1.165) is 19.4 Å². The van der Waals surface area contributed by atoms with Gasteiger partial charge in [0.05, 0.1) is 11.7 Å². The minimum atomic E-state index is -4.21. The lowest BCUT2D eigenvalue weighted by atomic mass is 9.98. The summed E-state index contributed by atoms with van der Waals surface area (Å²) in [6, 6.07) is -0.0506. The zero-order valence-electron chi connectivity index (χ0n) is 10.6. The molecule has 112 valence electrons. The number of nitrogens with zero attached hydrogens (tertiary/aromatic N) is 1. The molecule has 0 bridgehead atoms. The fourth-order valence-corrected chi connectivity index (χ4v) is 4.49. The van der Waals surface area contributed by atoms with Gasteiger partial charge in [-0.1, -0.05) is 0 Å². The number of hydrogen-bond donors (Lipinski definition) is 1. The highest BCUT2D eigenvalue weighted by Crippen LogP contribution is 2.34. The van der Waals surface area contributed by atoms with Gasteiger partial charge in [0.2, 0.25) is 10.0 Å². The summed E-state index contributed by atoms with van der Waals surface area (Å²) in [5, 5.41) is 3.10. The standard InChI is InChI=1S/C11H19F3N2O2S/c12-11(13,14)9-3-6-16(7-4-9)19(17,18)8-10-2-1-5-15-10/h9-10,15H,1-8H2. The van der Waals surface area contributed by atoms with E-state index in [1.54, 1.807) is 0 Å². The summed E-state index contributed by atoms with van der Waals surface area (Å²) in [5.41, 5.74) is 0. The highest BCUT2D eigenvalue weighted by molar-refractivity contribution is 7.89. The monoisotopic (exact) mass is 300 g/mol. The Kier molecular flexibility index (Phi) is 4.42. The molecule has 19 heavy (non-hydrogen) atoms. The van der Waals surface area contributed by atoms with Crippen molar-refractivity contribution in [3.63, 3.8) is 0 Å². The second-order valence-electron chi connectivity index (χ2n) is 5.29. The summed E-state index contributed by atoms with van der Waals surface area (Å²) in [6.07, 6.45) is -2.68. The second kappa shape index (κ2) is 5.57. The first kappa shape index (κ1) is 15.1. The van der Waals surface area contributed by atoms with Crippen LogP contribution in [0.2, 0.25) is 0 Å². The number of alkyl halides is 3. The molecule has 1 atom stereocenters. The van der Waals surface area contributed by atoms with E-state index in [9.17, 15) is 21.6 Å². The molecule has 0 amide bonds. The molecule has 0 saturated carbocycles. The van der Waals surface area contributed by atoms with Gasteiger partial charge in [0.15, 0.2) is 0 Å². The van der Waals surface area contributed by atoms with Crippen molar-refractivity contribution >= 4 is 10.0 Å². The highest BCUT2D eigenvalue weighted by atomic mass is 32.2. The summed E-state index contributed by atoms with van der Waals surface area (Å²) in [5.74, 6) is -1.35. The van der Waals surface area contributed by atoms with Crippen LogP contribution < -0.4 is 5.32 Å². The lowest BCUT2D eigenvalue weighted by Gasteiger charge is -2.32. The lowest BCUT2D eigenvalue weighted by molar-refractivity contribution is -0.182. The molecule has 0 aliphatic carbocycles. The first-order chi connectivity index (χ1) is 8.79. The van der Waals surface area contributed by atoms with Crippen molar-refractivity contribution in [2.45, 2.75) is 37.9 Å². The lowest BCUT2D eigenvalue weighted by Crippen LogP contribution is -2.45. The molecule has 8 heteroatoms. The number of halogens is 3. The Morgan fingerprint density at radius 2 is 1.79 bits per heavy atom. The molecule has 2 aliphatic heterocycles. The number of piperidine rings is 1. The molecule has 1 N–H and O–H groups in total. The van der Waals surface area contributed by atoms with E-state index in [1.165, 1.54) is 4.31 Å². The van der Waals surface area contributed by atoms with Crippen LogP contribution in [-0.2, 0) is 10.0 Å². The van der Waals surface area contributed by atoms with E-state index >= 15 is 0 Å².